The van der Waals surface area contributed by atoms with Gasteiger partial charge in [-0.25, -0.2) is 0 Å². The van der Waals surface area contributed by atoms with Crippen molar-refractivity contribution < 1.29 is 65.8 Å². The minimum Gasteiger partial charge on any atom is -1.00 e. The van der Waals surface area contributed by atoms with E-state index < -0.39 is 10.1 Å². The first-order valence-electron chi connectivity index (χ1n) is 11.5. The second kappa shape index (κ2) is 23.8. The quantitative estimate of drug-likeness (QED) is 0.161. The number of hydrogen-bond donors (Lipinski definition) is 1. The minimum atomic E-state index is -3.75. The summed E-state index contributed by atoms with van der Waals surface area (Å²) in [4.78, 5) is 0. The van der Waals surface area contributed by atoms with Crippen molar-refractivity contribution in [2.45, 2.75) is 135 Å². The molecule has 3 nitrogen and oxygen atoms in total. The molecule has 0 atom stereocenters. The average Bonchev–Trinajstić information content (AvgIpc) is 2.59. The van der Waals surface area contributed by atoms with Crippen LogP contribution in [-0.2, 0) is 10.1 Å². The van der Waals surface area contributed by atoms with Gasteiger partial charge in [0.25, 0.3) is 10.1 Å². The Labute approximate surface area is 214 Å². The van der Waals surface area contributed by atoms with Crippen molar-refractivity contribution in [1.29, 1.82) is 0 Å². The molecule has 0 unspecified atom stereocenters. The van der Waals surface area contributed by atoms with Gasteiger partial charge in [0.2, 0.25) is 0 Å². The Balaban J connectivity index is -0.00000312. The Hall–Kier alpha value is 1.55. The topological polar surface area (TPSA) is 54.4 Å². The fourth-order valence-corrected chi connectivity index (χ4v) is 4.11. The molecule has 0 heterocycles. The smallest absolute Gasteiger partial charge is 1.00 e. The summed E-state index contributed by atoms with van der Waals surface area (Å²) < 4.78 is 29.8. The van der Waals surface area contributed by atoms with Gasteiger partial charge in [0.05, 0.1) is 5.75 Å². The predicted octanol–water partition coefficient (Wildman–Crippen LogP) is 4.81. The largest absolute Gasteiger partial charge is 1.00 e. The second-order valence-electron chi connectivity index (χ2n) is 8.00. The summed E-state index contributed by atoms with van der Waals surface area (Å²) in [5.41, 5.74) is 0. The third-order valence-electron chi connectivity index (χ3n) is 5.26. The third kappa shape index (κ3) is 29.8. The van der Waals surface area contributed by atoms with Gasteiger partial charge in [-0.15, -0.1) is 0 Å². The first-order chi connectivity index (χ1) is 12.6. The van der Waals surface area contributed by atoms with Crippen molar-refractivity contribution in [1.82, 2.24) is 0 Å². The van der Waals surface area contributed by atoms with Crippen LogP contribution >= 0.6 is 0 Å². The van der Waals surface area contributed by atoms with Gasteiger partial charge in [-0.2, -0.15) is 8.42 Å². The van der Waals surface area contributed by atoms with Crippen LogP contribution in [0.1, 0.15) is 137 Å². The monoisotopic (exact) mass is 430 g/mol. The standard InChI is InChI=1S/C22H46O3S.K.H/c1-2-3-4-5-6-7-8-9-10-11-12-13-14-15-16-17-18-19-20-21-22-26(23,24)25;;/h2-22H2,1H3,(H,23,24,25);;/q;+1;-1. The van der Waals surface area contributed by atoms with Crippen LogP contribution in [0.2, 0.25) is 0 Å². The average molecular weight is 431 g/mol. The summed E-state index contributed by atoms with van der Waals surface area (Å²) in [6.45, 7) is 2.28. The first-order valence-corrected chi connectivity index (χ1v) is 13.1. The van der Waals surface area contributed by atoms with Crippen LogP contribution in [0.5, 0.6) is 0 Å². The van der Waals surface area contributed by atoms with Crippen LogP contribution in [0.4, 0.5) is 0 Å². The molecular formula is C22H47KO3S. The van der Waals surface area contributed by atoms with E-state index in [0.29, 0.717) is 6.42 Å². The molecule has 160 valence electrons. The fourth-order valence-electron chi connectivity index (χ4n) is 3.54. The maximum absolute atomic E-state index is 10.6. The summed E-state index contributed by atoms with van der Waals surface area (Å²) in [6, 6.07) is 0. The number of rotatable bonds is 21. The van der Waals surface area contributed by atoms with Crippen LogP contribution in [-0.4, -0.2) is 18.7 Å². The zero-order valence-electron chi connectivity index (χ0n) is 19.5. The maximum atomic E-state index is 10.6. The summed E-state index contributed by atoms with van der Waals surface area (Å²) in [6.07, 6.45) is 26.2. The minimum absolute atomic E-state index is 0. The van der Waals surface area contributed by atoms with Gasteiger partial charge in [0, 0.05) is 0 Å². The zero-order chi connectivity index (χ0) is 19.3. The second-order valence-corrected chi connectivity index (χ2v) is 9.58. The SMILES string of the molecule is CCCCCCCCCCCCCCCCCCCCCCS(=O)(=O)O.[H-].[K+]. The van der Waals surface area contributed by atoms with Crippen LogP contribution < -0.4 is 51.4 Å². The zero-order valence-corrected chi connectivity index (χ0v) is 22.5. The molecule has 0 spiro atoms. The van der Waals surface area contributed by atoms with E-state index in [1.165, 1.54) is 109 Å². The normalized spacial score (nSPS) is 11.5. The van der Waals surface area contributed by atoms with Gasteiger partial charge in [-0.3, -0.25) is 4.55 Å². The molecule has 0 aromatic heterocycles. The van der Waals surface area contributed by atoms with E-state index in [4.69, 9.17) is 4.55 Å². The van der Waals surface area contributed by atoms with Crippen molar-refractivity contribution in [2.24, 2.45) is 0 Å². The molecule has 0 aliphatic carbocycles. The molecule has 0 aromatic rings. The van der Waals surface area contributed by atoms with E-state index in [9.17, 15) is 8.42 Å². The van der Waals surface area contributed by atoms with Gasteiger partial charge < -0.3 is 1.43 Å². The molecule has 0 saturated heterocycles. The first kappa shape index (κ1) is 30.7. The predicted molar refractivity (Wildman–Crippen MR) is 116 cm³/mol. The molecule has 0 aliphatic rings. The molecule has 0 bridgehead atoms. The van der Waals surface area contributed by atoms with E-state index in [-0.39, 0.29) is 58.6 Å². The Bertz CT molecular complexity index is 378. The molecule has 0 aliphatic heterocycles. The summed E-state index contributed by atoms with van der Waals surface area (Å²) in [5, 5.41) is 0. The molecule has 0 aromatic carbocycles. The van der Waals surface area contributed by atoms with Crippen molar-refractivity contribution >= 4 is 10.1 Å². The third-order valence-corrected chi connectivity index (χ3v) is 6.06. The fraction of sp³-hybridized carbons (Fsp3) is 1.00. The summed E-state index contributed by atoms with van der Waals surface area (Å²) in [5.74, 6) is -0.0774. The maximum Gasteiger partial charge on any atom is 1.00 e. The summed E-state index contributed by atoms with van der Waals surface area (Å²) in [7, 11) is -3.75. The molecule has 0 rings (SSSR count). The molecule has 5 heteroatoms. The number of unbranched alkanes of at least 4 members (excludes halogenated alkanes) is 19. The van der Waals surface area contributed by atoms with Crippen molar-refractivity contribution in [2.75, 3.05) is 5.75 Å². The van der Waals surface area contributed by atoms with E-state index in [1.54, 1.807) is 0 Å². The van der Waals surface area contributed by atoms with E-state index in [1.807, 2.05) is 0 Å². The van der Waals surface area contributed by atoms with E-state index in [0.717, 1.165) is 12.8 Å². The summed E-state index contributed by atoms with van der Waals surface area (Å²) >= 11 is 0. The van der Waals surface area contributed by atoms with E-state index in [2.05, 4.69) is 6.92 Å². The van der Waals surface area contributed by atoms with Crippen LogP contribution in [0, 0.1) is 0 Å². The number of hydrogen-bond acceptors (Lipinski definition) is 2. The van der Waals surface area contributed by atoms with Crippen LogP contribution in [0.15, 0.2) is 0 Å². The van der Waals surface area contributed by atoms with Crippen molar-refractivity contribution in [3.63, 3.8) is 0 Å². The Kier molecular flexibility index (Phi) is 27.1. The van der Waals surface area contributed by atoms with Gasteiger partial charge in [-0.05, 0) is 6.42 Å². The van der Waals surface area contributed by atoms with Gasteiger partial charge >= 0.3 is 51.4 Å². The molecule has 1 N–H and O–H groups in total. The van der Waals surface area contributed by atoms with Crippen LogP contribution in [0.25, 0.3) is 0 Å². The van der Waals surface area contributed by atoms with Crippen LogP contribution in [0.3, 0.4) is 0 Å². The Morgan fingerprint density at radius 2 is 0.741 bits per heavy atom. The molecule has 27 heavy (non-hydrogen) atoms. The molecule has 0 amide bonds. The molecule has 0 radical (unpaired) electrons. The van der Waals surface area contributed by atoms with Gasteiger partial charge in [-0.1, -0.05) is 129 Å². The molecular weight excluding hydrogens is 383 g/mol. The van der Waals surface area contributed by atoms with Gasteiger partial charge in [0.1, 0.15) is 0 Å². The molecule has 0 saturated carbocycles. The van der Waals surface area contributed by atoms with Crippen molar-refractivity contribution in [3.8, 4) is 0 Å². The Morgan fingerprint density at radius 1 is 0.519 bits per heavy atom. The van der Waals surface area contributed by atoms with Gasteiger partial charge in [0.15, 0.2) is 0 Å². The van der Waals surface area contributed by atoms with Crippen molar-refractivity contribution in [3.05, 3.63) is 0 Å². The Morgan fingerprint density at radius 3 is 0.963 bits per heavy atom. The molecule has 0 fully saturated rings. The van der Waals surface area contributed by atoms with E-state index >= 15 is 0 Å².